The maximum absolute atomic E-state index is 12.2. The van der Waals surface area contributed by atoms with Crippen LogP contribution in [-0.4, -0.2) is 42.9 Å². The molecule has 6 nitrogen and oxygen atoms in total. The minimum atomic E-state index is -0.671. The van der Waals surface area contributed by atoms with Gasteiger partial charge < -0.3 is 15.0 Å². The van der Waals surface area contributed by atoms with Gasteiger partial charge in [-0.3, -0.25) is 9.59 Å². The SMILES string of the molecule is COC(=O)c1c(NC(=O)C(=O)N2CCCC2)sc2c1CCCC2. The van der Waals surface area contributed by atoms with Crippen LogP contribution in [0.1, 0.15) is 46.5 Å². The fourth-order valence-corrected chi connectivity index (χ4v) is 4.46. The number of methoxy groups -OCH3 is 1. The van der Waals surface area contributed by atoms with Crippen molar-refractivity contribution in [3.8, 4) is 0 Å². The molecule has 0 bridgehead atoms. The molecule has 3 rings (SSSR count). The zero-order valence-corrected chi connectivity index (χ0v) is 14.0. The molecule has 23 heavy (non-hydrogen) atoms. The van der Waals surface area contributed by atoms with Crippen LogP contribution in [0.25, 0.3) is 0 Å². The Morgan fingerprint density at radius 2 is 1.78 bits per heavy atom. The Balaban J connectivity index is 1.84. The number of carbonyl (C=O) groups excluding carboxylic acids is 3. The molecular formula is C16H20N2O4S. The van der Waals surface area contributed by atoms with Gasteiger partial charge in [-0.2, -0.15) is 0 Å². The van der Waals surface area contributed by atoms with Crippen molar-refractivity contribution in [1.29, 1.82) is 0 Å². The summed E-state index contributed by atoms with van der Waals surface area (Å²) in [6.45, 7) is 1.24. The van der Waals surface area contributed by atoms with E-state index in [0.717, 1.165) is 49.0 Å². The van der Waals surface area contributed by atoms with E-state index in [2.05, 4.69) is 5.32 Å². The maximum Gasteiger partial charge on any atom is 0.341 e. The van der Waals surface area contributed by atoms with Gasteiger partial charge in [0.15, 0.2) is 0 Å². The highest BCUT2D eigenvalue weighted by Crippen LogP contribution is 2.38. The summed E-state index contributed by atoms with van der Waals surface area (Å²) in [6.07, 6.45) is 5.67. The van der Waals surface area contributed by atoms with E-state index in [1.54, 1.807) is 4.90 Å². The summed E-state index contributed by atoms with van der Waals surface area (Å²) in [4.78, 5) is 39.2. The van der Waals surface area contributed by atoms with Crippen LogP contribution in [0.15, 0.2) is 0 Å². The van der Waals surface area contributed by atoms with Crippen LogP contribution in [0.2, 0.25) is 0 Å². The molecule has 0 saturated carbocycles. The number of anilines is 1. The third-order valence-corrected chi connectivity index (χ3v) is 5.58. The average molecular weight is 336 g/mol. The number of amides is 2. The standard InChI is InChI=1S/C16H20N2O4S/c1-22-16(21)12-10-6-2-3-7-11(10)23-14(12)17-13(19)15(20)18-8-4-5-9-18/h2-9H2,1H3,(H,17,19). The molecule has 1 saturated heterocycles. The minimum Gasteiger partial charge on any atom is -0.465 e. The summed E-state index contributed by atoms with van der Waals surface area (Å²) in [5, 5.41) is 3.09. The Hall–Kier alpha value is -1.89. The largest absolute Gasteiger partial charge is 0.465 e. The second-order valence-corrected chi connectivity index (χ2v) is 6.97. The molecule has 0 spiro atoms. The Morgan fingerprint density at radius 1 is 1.09 bits per heavy atom. The number of hydrogen-bond acceptors (Lipinski definition) is 5. The molecule has 2 amide bonds. The van der Waals surface area contributed by atoms with E-state index >= 15 is 0 Å². The van der Waals surface area contributed by atoms with E-state index in [1.807, 2.05) is 0 Å². The van der Waals surface area contributed by atoms with Gasteiger partial charge >= 0.3 is 17.8 Å². The maximum atomic E-state index is 12.2. The predicted molar refractivity (Wildman–Crippen MR) is 86.7 cm³/mol. The van der Waals surface area contributed by atoms with E-state index in [-0.39, 0.29) is 0 Å². The number of nitrogens with one attached hydrogen (secondary N) is 1. The van der Waals surface area contributed by atoms with Crippen molar-refractivity contribution in [2.45, 2.75) is 38.5 Å². The number of thiophene rings is 1. The first-order chi connectivity index (χ1) is 11.1. The Morgan fingerprint density at radius 3 is 2.48 bits per heavy atom. The van der Waals surface area contributed by atoms with Gasteiger partial charge in [0.25, 0.3) is 0 Å². The van der Waals surface area contributed by atoms with E-state index < -0.39 is 17.8 Å². The number of likely N-dealkylation sites (tertiary alicyclic amines) is 1. The molecule has 1 aliphatic carbocycles. The molecule has 1 fully saturated rings. The Kier molecular flexibility index (Phi) is 4.66. The van der Waals surface area contributed by atoms with Crippen LogP contribution >= 0.6 is 11.3 Å². The number of esters is 1. The summed E-state index contributed by atoms with van der Waals surface area (Å²) in [5.41, 5.74) is 1.40. The molecule has 2 aliphatic rings. The molecule has 1 aliphatic heterocycles. The Bertz CT molecular complexity index is 647. The quantitative estimate of drug-likeness (QED) is 0.662. The van der Waals surface area contributed by atoms with Gasteiger partial charge in [-0.1, -0.05) is 0 Å². The molecule has 1 aromatic rings. The number of carbonyl (C=O) groups is 3. The predicted octanol–water partition coefficient (Wildman–Crippen LogP) is 1.97. The van der Waals surface area contributed by atoms with Crippen LogP contribution in [0.5, 0.6) is 0 Å². The zero-order valence-electron chi connectivity index (χ0n) is 13.1. The minimum absolute atomic E-state index is 0.426. The highest BCUT2D eigenvalue weighted by molar-refractivity contribution is 7.17. The lowest BCUT2D eigenvalue weighted by molar-refractivity contribution is -0.142. The highest BCUT2D eigenvalue weighted by atomic mass is 32.1. The number of rotatable bonds is 2. The van der Waals surface area contributed by atoms with Crippen molar-refractivity contribution in [3.63, 3.8) is 0 Å². The van der Waals surface area contributed by atoms with Crippen LogP contribution in [-0.2, 0) is 27.2 Å². The van der Waals surface area contributed by atoms with Gasteiger partial charge in [-0.25, -0.2) is 4.79 Å². The second-order valence-electron chi connectivity index (χ2n) is 5.86. The summed E-state index contributed by atoms with van der Waals surface area (Å²) < 4.78 is 4.86. The summed E-state index contributed by atoms with van der Waals surface area (Å²) in [6, 6.07) is 0. The van der Waals surface area contributed by atoms with Crippen LogP contribution in [0.4, 0.5) is 5.00 Å². The van der Waals surface area contributed by atoms with Gasteiger partial charge in [-0.15, -0.1) is 11.3 Å². The van der Waals surface area contributed by atoms with E-state index in [0.29, 0.717) is 23.7 Å². The summed E-state index contributed by atoms with van der Waals surface area (Å²) in [5.74, 6) is -1.64. The van der Waals surface area contributed by atoms with Gasteiger partial charge in [0.05, 0.1) is 12.7 Å². The van der Waals surface area contributed by atoms with Gasteiger partial charge in [0.1, 0.15) is 5.00 Å². The topological polar surface area (TPSA) is 75.7 Å². The number of hydrogen-bond donors (Lipinski definition) is 1. The first kappa shape index (κ1) is 16.0. The average Bonchev–Trinajstić information content (AvgIpc) is 3.20. The first-order valence-electron chi connectivity index (χ1n) is 7.95. The molecule has 0 radical (unpaired) electrons. The van der Waals surface area contributed by atoms with Gasteiger partial charge in [0, 0.05) is 18.0 Å². The van der Waals surface area contributed by atoms with E-state index in [1.165, 1.54) is 18.4 Å². The molecule has 7 heteroatoms. The van der Waals surface area contributed by atoms with Crippen molar-refractivity contribution in [1.82, 2.24) is 4.90 Å². The monoisotopic (exact) mass is 336 g/mol. The fraction of sp³-hybridized carbons (Fsp3) is 0.562. The van der Waals surface area contributed by atoms with Gasteiger partial charge in [-0.05, 0) is 44.1 Å². The second kappa shape index (κ2) is 6.70. The van der Waals surface area contributed by atoms with Crippen molar-refractivity contribution < 1.29 is 19.1 Å². The summed E-state index contributed by atoms with van der Waals surface area (Å²) >= 11 is 1.39. The zero-order chi connectivity index (χ0) is 16.4. The molecule has 0 unspecified atom stereocenters. The van der Waals surface area contributed by atoms with Crippen LogP contribution in [0, 0.1) is 0 Å². The molecule has 1 N–H and O–H groups in total. The number of ether oxygens (including phenoxy) is 1. The highest BCUT2D eigenvalue weighted by Gasteiger charge is 2.30. The van der Waals surface area contributed by atoms with Gasteiger partial charge in [0.2, 0.25) is 0 Å². The molecule has 0 aromatic carbocycles. The van der Waals surface area contributed by atoms with Crippen LogP contribution in [0.3, 0.4) is 0 Å². The van der Waals surface area contributed by atoms with E-state index in [4.69, 9.17) is 4.74 Å². The molecule has 124 valence electrons. The molecule has 1 aromatic heterocycles. The smallest absolute Gasteiger partial charge is 0.341 e. The Labute approximate surface area is 138 Å². The number of fused-ring (bicyclic) bond motifs is 1. The third-order valence-electron chi connectivity index (χ3n) is 4.38. The van der Waals surface area contributed by atoms with Crippen molar-refractivity contribution in [2.75, 3.05) is 25.5 Å². The van der Waals surface area contributed by atoms with E-state index in [9.17, 15) is 14.4 Å². The lowest BCUT2D eigenvalue weighted by atomic mass is 9.95. The molecular weight excluding hydrogens is 316 g/mol. The first-order valence-corrected chi connectivity index (χ1v) is 8.76. The third kappa shape index (κ3) is 3.10. The molecule has 0 atom stereocenters. The normalized spacial score (nSPS) is 16.8. The lowest BCUT2D eigenvalue weighted by Gasteiger charge is -2.14. The summed E-state index contributed by atoms with van der Waals surface area (Å²) in [7, 11) is 1.33. The van der Waals surface area contributed by atoms with Crippen LogP contribution < -0.4 is 5.32 Å². The number of nitrogens with zero attached hydrogens (tertiary/aromatic N) is 1. The van der Waals surface area contributed by atoms with Crippen molar-refractivity contribution in [3.05, 3.63) is 16.0 Å². The lowest BCUT2D eigenvalue weighted by Crippen LogP contribution is -2.37. The number of aryl methyl sites for hydroxylation is 1. The molecule has 2 heterocycles. The van der Waals surface area contributed by atoms with Crippen molar-refractivity contribution in [2.24, 2.45) is 0 Å². The van der Waals surface area contributed by atoms with Crippen molar-refractivity contribution >= 4 is 34.1 Å². The fourth-order valence-electron chi connectivity index (χ4n) is 3.19.